The number of hydrogen-bond acceptors (Lipinski definition) is 7. The highest BCUT2D eigenvalue weighted by molar-refractivity contribution is 6.02. The van der Waals surface area contributed by atoms with E-state index in [0.29, 0.717) is 34.6 Å². The summed E-state index contributed by atoms with van der Waals surface area (Å²) in [6.07, 6.45) is -1.85. The Morgan fingerprint density at radius 3 is 2.70 bits per heavy atom. The third-order valence-electron chi connectivity index (χ3n) is 4.43. The maximum atomic E-state index is 12.7. The van der Waals surface area contributed by atoms with E-state index in [2.05, 4.69) is 25.8 Å². The number of amides is 1. The smallest absolute Gasteiger partial charge is 0.398 e. The number of carbonyl (C=O) groups is 1. The maximum absolute atomic E-state index is 12.7. The summed E-state index contributed by atoms with van der Waals surface area (Å²) in [7, 11) is 0. The number of hydrogen-bond donors (Lipinski definition) is 5. The van der Waals surface area contributed by atoms with Gasteiger partial charge in [0, 0.05) is 41.5 Å². The second-order valence-corrected chi connectivity index (χ2v) is 6.76. The van der Waals surface area contributed by atoms with Crippen LogP contribution < -0.4 is 16.4 Å². The van der Waals surface area contributed by atoms with Gasteiger partial charge in [-0.15, -0.1) is 5.10 Å². The lowest BCUT2D eigenvalue weighted by atomic mass is 10.2. The number of nitrogen functional groups attached to an aromatic ring is 1. The van der Waals surface area contributed by atoms with E-state index < -0.39 is 23.5 Å². The molecule has 1 amide bonds. The molecule has 0 aliphatic rings. The Morgan fingerprint density at radius 2 is 1.97 bits per heavy atom. The number of aromatic nitrogens is 5. The van der Waals surface area contributed by atoms with Crippen molar-refractivity contribution in [1.29, 1.82) is 5.41 Å². The van der Waals surface area contributed by atoms with Gasteiger partial charge in [-0.2, -0.15) is 18.3 Å². The van der Waals surface area contributed by atoms with Crippen molar-refractivity contribution in [2.75, 3.05) is 16.4 Å². The van der Waals surface area contributed by atoms with Crippen molar-refractivity contribution < 1.29 is 18.0 Å². The molecular weight excluding hydrogens is 439 g/mol. The SMILES string of the molecule is N=Cc1cc(Nc2ccn(-c3cccc(NC(=O)c4cc(C(F)(F)F)[nH]n4)n3)n2)ccc1N. The van der Waals surface area contributed by atoms with Gasteiger partial charge in [0.25, 0.3) is 5.91 Å². The minimum absolute atomic E-state index is 0.105. The Labute approximate surface area is 184 Å². The highest BCUT2D eigenvalue weighted by Crippen LogP contribution is 2.27. The number of pyridine rings is 1. The first-order valence-corrected chi connectivity index (χ1v) is 9.37. The number of nitrogens with one attached hydrogen (secondary N) is 4. The number of anilines is 4. The van der Waals surface area contributed by atoms with E-state index in [-0.39, 0.29) is 5.82 Å². The van der Waals surface area contributed by atoms with Gasteiger partial charge in [-0.05, 0) is 30.3 Å². The zero-order valence-corrected chi connectivity index (χ0v) is 16.7. The van der Waals surface area contributed by atoms with Crippen LogP contribution in [0.1, 0.15) is 21.7 Å². The molecule has 0 atom stereocenters. The second-order valence-electron chi connectivity index (χ2n) is 6.76. The summed E-state index contributed by atoms with van der Waals surface area (Å²) in [5.74, 6) is 0.104. The fourth-order valence-corrected chi connectivity index (χ4v) is 2.83. The molecule has 4 rings (SSSR count). The minimum atomic E-state index is -4.64. The summed E-state index contributed by atoms with van der Waals surface area (Å²) in [6.45, 7) is 0. The molecule has 0 fully saturated rings. The van der Waals surface area contributed by atoms with E-state index in [9.17, 15) is 18.0 Å². The molecule has 4 aromatic rings. The van der Waals surface area contributed by atoms with Crippen LogP contribution in [-0.2, 0) is 6.18 Å². The van der Waals surface area contributed by atoms with Crippen LogP contribution in [-0.4, -0.2) is 37.1 Å². The molecule has 3 aromatic heterocycles. The largest absolute Gasteiger partial charge is 0.432 e. The number of aromatic amines is 1. The van der Waals surface area contributed by atoms with Crippen LogP contribution in [0.3, 0.4) is 0 Å². The fourth-order valence-electron chi connectivity index (χ4n) is 2.83. The predicted molar refractivity (Wildman–Crippen MR) is 115 cm³/mol. The Kier molecular flexibility index (Phi) is 5.52. The quantitative estimate of drug-likeness (QED) is 0.221. The molecule has 0 saturated heterocycles. The molecule has 1 aromatic carbocycles. The van der Waals surface area contributed by atoms with Crippen LogP contribution in [0.2, 0.25) is 0 Å². The first kappa shape index (κ1) is 21.5. The van der Waals surface area contributed by atoms with Crippen molar-refractivity contribution in [3.05, 3.63) is 71.7 Å². The summed E-state index contributed by atoms with van der Waals surface area (Å²) in [5, 5.41) is 22.4. The van der Waals surface area contributed by atoms with Crippen LogP contribution in [0.4, 0.5) is 36.2 Å². The number of nitrogens with zero attached hydrogens (tertiary/aromatic N) is 4. The molecule has 0 radical (unpaired) electrons. The summed E-state index contributed by atoms with van der Waals surface area (Å²) >= 11 is 0. The van der Waals surface area contributed by atoms with Gasteiger partial charge in [0.1, 0.15) is 11.5 Å². The molecule has 0 bridgehead atoms. The van der Waals surface area contributed by atoms with Crippen LogP contribution in [0.25, 0.3) is 5.82 Å². The lowest BCUT2D eigenvalue weighted by molar-refractivity contribution is -0.141. The van der Waals surface area contributed by atoms with Crippen molar-refractivity contribution in [2.24, 2.45) is 0 Å². The zero-order valence-electron chi connectivity index (χ0n) is 16.7. The molecule has 13 heteroatoms. The van der Waals surface area contributed by atoms with Gasteiger partial charge >= 0.3 is 6.18 Å². The lowest BCUT2D eigenvalue weighted by Gasteiger charge is -2.07. The molecule has 0 aliphatic heterocycles. The maximum Gasteiger partial charge on any atom is 0.432 e. The third-order valence-corrected chi connectivity index (χ3v) is 4.43. The first-order chi connectivity index (χ1) is 15.7. The van der Waals surface area contributed by atoms with E-state index in [1.165, 1.54) is 10.7 Å². The van der Waals surface area contributed by atoms with Crippen molar-refractivity contribution in [2.45, 2.75) is 6.18 Å². The standard InChI is InChI=1S/C20H16F3N9O/c21-20(22,23)15-9-14(29-30-15)19(33)28-16-2-1-3-18(27-16)32-7-6-17(31-32)26-12-4-5-13(25)11(8-12)10-24/h1-10,24H,25H2,(H,26,31)(H,29,30)(H,27,28,33). The Hall–Kier alpha value is -4.68. The fraction of sp³-hybridized carbons (Fsp3) is 0.0500. The number of rotatable bonds is 6. The Bertz CT molecular complexity index is 1330. The van der Waals surface area contributed by atoms with Gasteiger partial charge in [-0.1, -0.05) is 6.07 Å². The van der Waals surface area contributed by atoms with Crippen LogP contribution in [0.5, 0.6) is 0 Å². The van der Waals surface area contributed by atoms with E-state index in [1.807, 2.05) is 0 Å². The number of benzene rings is 1. The van der Waals surface area contributed by atoms with Crippen molar-refractivity contribution in [3.8, 4) is 5.82 Å². The Morgan fingerprint density at radius 1 is 1.15 bits per heavy atom. The molecule has 3 heterocycles. The van der Waals surface area contributed by atoms with Crippen molar-refractivity contribution >= 4 is 35.1 Å². The second kappa shape index (κ2) is 8.45. The van der Waals surface area contributed by atoms with Gasteiger partial charge in [-0.25, -0.2) is 9.67 Å². The molecule has 0 spiro atoms. The van der Waals surface area contributed by atoms with Crippen LogP contribution in [0, 0.1) is 5.41 Å². The molecule has 168 valence electrons. The summed E-state index contributed by atoms with van der Waals surface area (Å²) < 4.78 is 39.5. The number of carbonyl (C=O) groups excluding carboxylic acids is 1. The van der Waals surface area contributed by atoms with Crippen LogP contribution in [0.15, 0.2) is 54.7 Å². The summed E-state index contributed by atoms with van der Waals surface area (Å²) in [6, 6.07) is 12.2. The van der Waals surface area contributed by atoms with Crippen LogP contribution >= 0.6 is 0 Å². The highest BCUT2D eigenvalue weighted by atomic mass is 19.4. The van der Waals surface area contributed by atoms with Gasteiger partial charge in [0.15, 0.2) is 17.3 Å². The molecule has 10 nitrogen and oxygen atoms in total. The predicted octanol–water partition coefficient (Wildman–Crippen LogP) is 3.58. The molecular formula is C20H16F3N9O. The molecule has 0 saturated carbocycles. The van der Waals surface area contributed by atoms with E-state index in [4.69, 9.17) is 11.1 Å². The number of alkyl halides is 3. The van der Waals surface area contributed by atoms with E-state index >= 15 is 0 Å². The number of nitrogens with two attached hydrogens (primary N) is 1. The molecule has 6 N–H and O–H groups in total. The third kappa shape index (κ3) is 4.81. The highest BCUT2D eigenvalue weighted by Gasteiger charge is 2.33. The number of H-pyrrole nitrogens is 1. The monoisotopic (exact) mass is 455 g/mol. The lowest BCUT2D eigenvalue weighted by Crippen LogP contribution is -2.14. The summed E-state index contributed by atoms with van der Waals surface area (Å²) in [4.78, 5) is 16.5. The van der Waals surface area contributed by atoms with E-state index in [0.717, 1.165) is 6.21 Å². The normalized spacial score (nSPS) is 11.2. The summed E-state index contributed by atoms with van der Waals surface area (Å²) in [5.41, 5.74) is 5.96. The molecule has 0 unspecified atom stereocenters. The van der Waals surface area contributed by atoms with Gasteiger partial charge in [0.2, 0.25) is 0 Å². The molecule has 0 aliphatic carbocycles. The minimum Gasteiger partial charge on any atom is -0.398 e. The van der Waals surface area contributed by atoms with Gasteiger partial charge in [-0.3, -0.25) is 9.89 Å². The average molecular weight is 455 g/mol. The van der Waals surface area contributed by atoms with Gasteiger partial charge in [0.05, 0.1) is 0 Å². The zero-order chi connectivity index (χ0) is 23.6. The first-order valence-electron chi connectivity index (χ1n) is 9.37. The van der Waals surface area contributed by atoms with Gasteiger partial charge < -0.3 is 21.8 Å². The van der Waals surface area contributed by atoms with Crippen molar-refractivity contribution in [3.63, 3.8) is 0 Å². The average Bonchev–Trinajstić information content (AvgIpc) is 3.45. The molecule has 33 heavy (non-hydrogen) atoms. The number of halogens is 3. The van der Waals surface area contributed by atoms with E-state index in [1.54, 1.807) is 47.7 Å². The Balaban J connectivity index is 1.48. The topological polar surface area (TPSA) is 150 Å². The van der Waals surface area contributed by atoms with Crippen molar-refractivity contribution in [1.82, 2.24) is 25.0 Å².